The molecule has 0 radical (unpaired) electrons. The molecule has 2 aromatic carbocycles. The van der Waals surface area contributed by atoms with Crippen LogP contribution in [0.1, 0.15) is 37.6 Å². The number of amides is 3. The molecule has 1 unspecified atom stereocenters. The van der Waals surface area contributed by atoms with E-state index in [1.807, 2.05) is 13.8 Å². The predicted molar refractivity (Wildman–Crippen MR) is 120 cm³/mol. The monoisotopic (exact) mass is 427 g/mol. The third-order valence-corrected chi connectivity index (χ3v) is 4.61. The number of carbonyl (C=O) groups excluding carboxylic acids is 3. The summed E-state index contributed by atoms with van der Waals surface area (Å²) in [4.78, 5) is 37.1. The Hall–Kier alpha value is -3.55. The summed E-state index contributed by atoms with van der Waals surface area (Å²) in [7, 11) is 3.00. The minimum Gasteiger partial charge on any atom is -0.497 e. The Morgan fingerprint density at radius 3 is 1.84 bits per heavy atom. The highest BCUT2D eigenvalue weighted by molar-refractivity contribution is 6.01. The SMILES string of the molecule is CCC(=O)Nc1ccc(NC(=O)C(NC(=O)c2cc(OC)cc(OC)c2)C(C)C)cc1. The molecule has 0 saturated carbocycles. The van der Waals surface area contributed by atoms with Crippen molar-refractivity contribution in [1.82, 2.24) is 5.32 Å². The fourth-order valence-electron chi connectivity index (χ4n) is 2.80. The Morgan fingerprint density at radius 2 is 1.39 bits per heavy atom. The second-order valence-electron chi connectivity index (χ2n) is 7.26. The number of ether oxygens (including phenoxy) is 2. The van der Waals surface area contributed by atoms with Crippen molar-refractivity contribution in [3.8, 4) is 11.5 Å². The van der Waals surface area contributed by atoms with Crippen LogP contribution >= 0.6 is 0 Å². The van der Waals surface area contributed by atoms with Gasteiger partial charge in [0.2, 0.25) is 11.8 Å². The molecule has 31 heavy (non-hydrogen) atoms. The number of carbonyl (C=O) groups is 3. The average Bonchev–Trinajstić information content (AvgIpc) is 2.77. The van der Waals surface area contributed by atoms with Gasteiger partial charge in [-0.25, -0.2) is 0 Å². The molecule has 8 heteroatoms. The van der Waals surface area contributed by atoms with Crippen LogP contribution < -0.4 is 25.4 Å². The van der Waals surface area contributed by atoms with Crippen molar-refractivity contribution in [3.05, 3.63) is 48.0 Å². The molecule has 3 amide bonds. The molecule has 0 aliphatic heterocycles. The highest BCUT2D eigenvalue weighted by Gasteiger charge is 2.25. The van der Waals surface area contributed by atoms with Crippen molar-refractivity contribution in [2.75, 3.05) is 24.9 Å². The van der Waals surface area contributed by atoms with E-state index in [-0.39, 0.29) is 17.7 Å². The van der Waals surface area contributed by atoms with Crippen molar-refractivity contribution in [3.63, 3.8) is 0 Å². The lowest BCUT2D eigenvalue weighted by molar-refractivity contribution is -0.119. The summed E-state index contributed by atoms with van der Waals surface area (Å²) >= 11 is 0. The van der Waals surface area contributed by atoms with Crippen LogP contribution in [-0.2, 0) is 9.59 Å². The number of hydrogen-bond acceptors (Lipinski definition) is 5. The highest BCUT2D eigenvalue weighted by atomic mass is 16.5. The molecule has 0 spiro atoms. The molecular weight excluding hydrogens is 398 g/mol. The second-order valence-corrected chi connectivity index (χ2v) is 7.26. The van der Waals surface area contributed by atoms with Gasteiger partial charge in [-0.15, -0.1) is 0 Å². The van der Waals surface area contributed by atoms with E-state index >= 15 is 0 Å². The first-order valence-electron chi connectivity index (χ1n) is 10.0. The molecule has 3 N–H and O–H groups in total. The largest absolute Gasteiger partial charge is 0.497 e. The molecule has 2 rings (SSSR count). The Kier molecular flexibility index (Phi) is 8.43. The van der Waals surface area contributed by atoms with Crippen LogP contribution in [0.4, 0.5) is 11.4 Å². The van der Waals surface area contributed by atoms with E-state index < -0.39 is 11.9 Å². The fraction of sp³-hybridized carbons (Fsp3) is 0.348. The van der Waals surface area contributed by atoms with Gasteiger partial charge < -0.3 is 25.4 Å². The fourth-order valence-corrected chi connectivity index (χ4v) is 2.80. The molecule has 0 aliphatic carbocycles. The number of anilines is 2. The number of benzene rings is 2. The molecule has 0 bridgehead atoms. The first-order chi connectivity index (χ1) is 14.8. The smallest absolute Gasteiger partial charge is 0.252 e. The van der Waals surface area contributed by atoms with Gasteiger partial charge in [-0.3, -0.25) is 14.4 Å². The van der Waals surface area contributed by atoms with Crippen molar-refractivity contribution in [2.24, 2.45) is 5.92 Å². The van der Waals surface area contributed by atoms with Gasteiger partial charge in [0.1, 0.15) is 17.5 Å². The van der Waals surface area contributed by atoms with Crippen molar-refractivity contribution in [1.29, 1.82) is 0 Å². The average molecular weight is 428 g/mol. The minimum atomic E-state index is -0.760. The molecular formula is C23H29N3O5. The maximum atomic E-state index is 12.8. The van der Waals surface area contributed by atoms with Crippen LogP contribution in [0.2, 0.25) is 0 Å². The standard InChI is InChI=1S/C23H29N3O5/c1-6-20(27)24-16-7-9-17(10-8-16)25-23(29)21(14(2)3)26-22(28)15-11-18(30-4)13-19(12-15)31-5/h7-14,21H,6H2,1-5H3,(H,24,27)(H,25,29)(H,26,28). The normalized spacial score (nSPS) is 11.4. The van der Waals surface area contributed by atoms with E-state index in [0.717, 1.165) is 0 Å². The lowest BCUT2D eigenvalue weighted by Gasteiger charge is -2.22. The van der Waals surface area contributed by atoms with E-state index in [2.05, 4.69) is 16.0 Å². The first-order valence-corrected chi connectivity index (χ1v) is 10.0. The summed E-state index contributed by atoms with van der Waals surface area (Å²) in [6.45, 7) is 5.46. The van der Waals surface area contributed by atoms with Crippen molar-refractivity contribution in [2.45, 2.75) is 33.2 Å². The zero-order chi connectivity index (χ0) is 23.0. The van der Waals surface area contributed by atoms with Crippen LogP contribution in [0.3, 0.4) is 0 Å². The minimum absolute atomic E-state index is 0.0893. The number of hydrogen-bond donors (Lipinski definition) is 3. The zero-order valence-corrected chi connectivity index (χ0v) is 18.4. The summed E-state index contributed by atoms with van der Waals surface area (Å²) < 4.78 is 10.4. The Balaban J connectivity index is 2.10. The molecule has 0 saturated heterocycles. The van der Waals surface area contributed by atoms with Crippen LogP contribution in [0.5, 0.6) is 11.5 Å². The van der Waals surface area contributed by atoms with Gasteiger partial charge in [-0.2, -0.15) is 0 Å². The molecule has 0 fully saturated rings. The molecule has 8 nitrogen and oxygen atoms in total. The maximum absolute atomic E-state index is 12.8. The summed E-state index contributed by atoms with van der Waals surface area (Å²) in [5, 5.41) is 8.33. The molecule has 1 atom stereocenters. The first kappa shape index (κ1) is 23.7. The maximum Gasteiger partial charge on any atom is 0.252 e. The predicted octanol–water partition coefficient (Wildman–Crippen LogP) is 3.45. The summed E-state index contributed by atoms with van der Waals surface area (Å²) in [6.07, 6.45) is 0.382. The quantitative estimate of drug-likeness (QED) is 0.568. The molecule has 0 aromatic heterocycles. The lowest BCUT2D eigenvalue weighted by atomic mass is 10.0. The van der Waals surface area contributed by atoms with Crippen molar-refractivity contribution < 1.29 is 23.9 Å². The van der Waals surface area contributed by atoms with Gasteiger partial charge in [-0.05, 0) is 42.3 Å². The van der Waals surface area contributed by atoms with Gasteiger partial charge in [0.25, 0.3) is 5.91 Å². The van der Waals surface area contributed by atoms with Crippen LogP contribution in [-0.4, -0.2) is 38.0 Å². The molecule has 0 heterocycles. The van der Waals surface area contributed by atoms with Crippen molar-refractivity contribution >= 4 is 29.1 Å². The summed E-state index contributed by atoms with van der Waals surface area (Å²) in [5.74, 6) is -0.0454. The lowest BCUT2D eigenvalue weighted by Crippen LogP contribution is -2.47. The number of nitrogens with one attached hydrogen (secondary N) is 3. The Labute approximate surface area is 182 Å². The van der Waals surface area contributed by atoms with E-state index in [4.69, 9.17) is 9.47 Å². The van der Waals surface area contributed by atoms with Crippen LogP contribution in [0, 0.1) is 5.92 Å². The van der Waals surface area contributed by atoms with Crippen LogP contribution in [0.15, 0.2) is 42.5 Å². The molecule has 2 aromatic rings. The van der Waals surface area contributed by atoms with Gasteiger partial charge >= 0.3 is 0 Å². The molecule has 166 valence electrons. The van der Waals surface area contributed by atoms with E-state index in [0.29, 0.717) is 34.9 Å². The Morgan fingerprint density at radius 1 is 0.871 bits per heavy atom. The van der Waals surface area contributed by atoms with E-state index in [1.54, 1.807) is 49.4 Å². The zero-order valence-electron chi connectivity index (χ0n) is 18.4. The van der Waals surface area contributed by atoms with Gasteiger partial charge in [0.15, 0.2) is 0 Å². The summed E-state index contributed by atoms with van der Waals surface area (Å²) in [6, 6.07) is 10.8. The topological polar surface area (TPSA) is 106 Å². The van der Waals surface area contributed by atoms with E-state index in [1.165, 1.54) is 14.2 Å². The van der Waals surface area contributed by atoms with Crippen LogP contribution in [0.25, 0.3) is 0 Å². The second kappa shape index (κ2) is 11.0. The third-order valence-electron chi connectivity index (χ3n) is 4.61. The van der Waals surface area contributed by atoms with Gasteiger partial charge in [0, 0.05) is 29.4 Å². The third kappa shape index (κ3) is 6.74. The molecule has 0 aliphatic rings. The summed E-state index contributed by atoms with van der Waals surface area (Å²) in [5.41, 5.74) is 1.53. The Bertz CT molecular complexity index is 903. The number of methoxy groups -OCH3 is 2. The van der Waals surface area contributed by atoms with Gasteiger partial charge in [-0.1, -0.05) is 20.8 Å². The van der Waals surface area contributed by atoms with E-state index in [9.17, 15) is 14.4 Å². The highest BCUT2D eigenvalue weighted by Crippen LogP contribution is 2.23. The number of rotatable bonds is 9. The van der Waals surface area contributed by atoms with Gasteiger partial charge in [0.05, 0.1) is 14.2 Å².